The summed E-state index contributed by atoms with van der Waals surface area (Å²) in [7, 11) is 0. The zero-order valence-corrected chi connectivity index (χ0v) is 14.2. The molecule has 24 heavy (non-hydrogen) atoms. The first-order valence-corrected chi connectivity index (χ1v) is 8.39. The standard InChI is InChI=1S/C19H19ClN2O2/c1-13(14-7-9-16(20)10-8-14)21-19(24)15-4-2-5-17(12-15)22-11-3-6-18(22)23/h2,4-5,7-10,12-13H,3,6,11H2,1H3,(H,21,24)/t13-/m0/s1. The van der Waals surface area contributed by atoms with E-state index in [0.29, 0.717) is 23.6 Å². The lowest BCUT2D eigenvalue weighted by molar-refractivity contribution is -0.117. The van der Waals surface area contributed by atoms with Crippen molar-refractivity contribution in [2.24, 2.45) is 0 Å². The predicted octanol–water partition coefficient (Wildman–Crippen LogP) is 3.96. The molecule has 5 heteroatoms. The number of rotatable bonds is 4. The number of nitrogens with zero attached hydrogens (tertiary/aromatic N) is 1. The molecular formula is C19H19ClN2O2. The van der Waals surface area contributed by atoms with E-state index in [1.165, 1.54) is 0 Å². The van der Waals surface area contributed by atoms with Gasteiger partial charge in [-0.25, -0.2) is 0 Å². The van der Waals surface area contributed by atoms with Crippen LogP contribution in [0, 0.1) is 0 Å². The Labute approximate surface area is 146 Å². The molecule has 0 aromatic heterocycles. The van der Waals surface area contributed by atoms with E-state index in [4.69, 9.17) is 11.6 Å². The van der Waals surface area contributed by atoms with Crippen molar-refractivity contribution in [3.05, 3.63) is 64.7 Å². The molecule has 0 radical (unpaired) electrons. The number of anilines is 1. The topological polar surface area (TPSA) is 49.4 Å². The highest BCUT2D eigenvalue weighted by molar-refractivity contribution is 6.30. The molecule has 2 aromatic carbocycles. The van der Waals surface area contributed by atoms with Crippen molar-refractivity contribution >= 4 is 29.1 Å². The van der Waals surface area contributed by atoms with Gasteiger partial charge in [-0.1, -0.05) is 29.8 Å². The molecule has 1 fully saturated rings. The highest BCUT2D eigenvalue weighted by Crippen LogP contribution is 2.23. The number of carbonyl (C=O) groups excluding carboxylic acids is 2. The molecule has 1 saturated heterocycles. The van der Waals surface area contributed by atoms with Gasteiger partial charge < -0.3 is 10.2 Å². The molecule has 1 heterocycles. The summed E-state index contributed by atoms with van der Waals surface area (Å²) in [5.41, 5.74) is 2.32. The first-order chi connectivity index (χ1) is 11.5. The maximum atomic E-state index is 12.5. The van der Waals surface area contributed by atoms with Gasteiger partial charge in [0.05, 0.1) is 6.04 Å². The van der Waals surface area contributed by atoms with E-state index in [9.17, 15) is 9.59 Å². The summed E-state index contributed by atoms with van der Waals surface area (Å²) in [5.74, 6) is -0.0481. The first kappa shape index (κ1) is 16.5. The Kier molecular flexibility index (Phi) is 4.86. The van der Waals surface area contributed by atoms with E-state index in [1.54, 1.807) is 29.2 Å². The van der Waals surface area contributed by atoms with E-state index < -0.39 is 0 Å². The summed E-state index contributed by atoms with van der Waals surface area (Å²) in [6, 6.07) is 14.5. The average molecular weight is 343 g/mol. The number of amides is 2. The largest absolute Gasteiger partial charge is 0.346 e. The van der Waals surface area contributed by atoms with Crippen LogP contribution in [0.1, 0.15) is 41.7 Å². The number of benzene rings is 2. The molecule has 1 N–H and O–H groups in total. The summed E-state index contributed by atoms with van der Waals surface area (Å²) in [6.07, 6.45) is 1.44. The molecule has 124 valence electrons. The van der Waals surface area contributed by atoms with Crippen molar-refractivity contribution in [1.82, 2.24) is 5.32 Å². The van der Waals surface area contributed by atoms with Crippen molar-refractivity contribution in [1.29, 1.82) is 0 Å². The highest BCUT2D eigenvalue weighted by Gasteiger charge is 2.22. The van der Waals surface area contributed by atoms with Gasteiger partial charge in [0.25, 0.3) is 5.91 Å². The molecule has 3 rings (SSSR count). The SMILES string of the molecule is C[C@H](NC(=O)c1cccc(N2CCCC2=O)c1)c1ccc(Cl)cc1. The van der Waals surface area contributed by atoms with Crippen LogP contribution in [0.2, 0.25) is 5.02 Å². The van der Waals surface area contributed by atoms with E-state index in [-0.39, 0.29) is 17.9 Å². The Bertz CT molecular complexity index is 758. The molecule has 1 aliphatic heterocycles. The van der Waals surface area contributed by atoms with Crippen LogP contribution in [0.4, 0.5) is 5.69 Å². The van der Waals surface area contributed by atoms with Crippen molar-refractivity contribution < 1.29 is 9.59 Å². The number of hydrogen-bond acceptors (Lipinski definition) is 2. The quantitative estimate of drug-likeness (QED) is 0.914. The fraction of sp³-hybridized carbons (Fsp3) is 0.263. The Morgan fingerprint density at radius 1 is 1.21 bits per heavy atom. The smallest absolute Gasteiger partial charge is 0.251 e. The zero-order chi connectivity index (χ0) is 17.1. The third-order valence-corrected chi connectivity index (χ3v) is 4.46. The molecule has 2 aromatic rings. The van der Waals surface area contributed by atoms with Crippen molar-refractivity contribution in [2.45, 2.75) is 25.8 Å². The van der Waals surface area contributed by atoms with Gasteiger partial charge in [0.2, 0.25) is 5.91 Å². The molecule has 2 amide bonds. The van der Waals surface area contributed by atoms with E-state index in [0.717, 1.165) is 17.7 Å². The Hall–Kier alpha value is -2.33. The van der Waals surface area contributed by atoms with E-state index >= 15 is 0 Å². The summed E-state index contributed by atoms with van der Waals surface area (Å²) in [4.78, 5) is 26.1. The molecule has 0 saturated carbocycles. The van der Waals surface area contributed by atoms with E-state index in [1.807, 2.05) is 31.2 Å². The van der Waals surface area contributed by atoms with Gasteiger partial charge in [-0.2, -0.15) is 0 Å². The summed E-state index contributed by atoms with van der Waals surface area (Å²) < 4.78 is 0. The Morgan fingerprint density at radius 3 is 2.62 bits per heavy atom. The minimum absolute atomic E-state index is 0.113. The van der Waals surface area contributed by atoms with Crippen LogP contribution in [-0.4, -0.2) is 18.4 Å². The van der Waals surface area contributed by atoms with Gasteiger partial charge in [-0.3, -0.25) is 9.59 Å². The lowest BCUT2D eigenvalue weighted by Gasteiger charge is -2.18. The summed E-state index contributed by atoms with van der Waals surface area (Å²) in [6.45, 7) is 2.64. The molecule has 0 bridgehead atoms. The molecule has 0 aliphatic carbocycles. The van der Waals surface area contributed by atoms with Gasteiger partial charge >= 0.3 is 0 Å². The second-order valence-corrected chi connectivity index (χ2v) is 6.38. The second kappa shape index (κ2) is 7.05. The average Bonchev–Trinajstić information content (AvgIpc) is 3.01. The molecule has 1 aliphatic rings. The molecule has 0 spiro atoms. The predicted molar refractivity (Wildman–Crippen MR) is 95.4 cm³/mol. The van der Waals surface area contributed by atoms with Gasteiger partial charge in [0.15, 0.2) is 0 Å². The minimum atomic E-state index is -0.161. The second-order valence-electron chi connectivity index (χ2n) is 5.95. The number of hydrogen-bond donors (Lipinski definition) is 1. The van der Waals surface area contributed by atoms with Crippen LogP contribution in [0.3, 0.4) is 0 Å². The fourth-order valence-electron chi connectivity index (χ4n) is 2.85. The summed E-state index contributed by atoms with van der Waals surface area (Å²) in [5, 5.41) is 3.64. The fourth-order valence-corrected chi connectivity index (χ4v) is 2.98. The monoisotopic (exact) mass is 342 g/mol. The van der Waals surface area contributed by atoms with Gasteiger partial charge in [-0.05, 0) is 49.2 Å². The molecule has 0 unspecified atom stereocenters. The van der Waals surface area contributed by atoms with Gasteiger partial charge in [0.1, 0.15) is 0 Å². The zero-order valence-electron chi connectivity index (χ0n) is 13.5. The first-order valence-electron chi connectivity index (χ1n) is 8.01. The molecular weight excluding hydrogens is 324 g/mol. The van der Waals surface area contributed by atoms with Crippen LogP contribution < -0.4 is 10.2 Å². The van der Waals surface area contributed by atoms with Crippen molar-refractivity contribution in [2.75, 3.05) is 11.4 Å². The van der Waals surface area contributed by atoms with E-state index in [2.05, 4.69) is 5.32 Å². The maximum absolute atomic E-state index is 12.5. The Morgan fingerprint density at radius 2 is 1.96 bits per heavy atom. The molecule has 1 atom stereocenters. The van der Waals surface area contributed by atoms with Crippen LogP contribution in [0.25, 0.3) is 0 Å². The van der Waals surface area contributed by atoms with Gasteiger partial charge in [0, 0.05) is 29.2 Å². The van der Waals surface area contributed by atoms with Crippen molar-refractivity contribution in [3.8, 4) is 0 Å². The van der Waals surface area contributed by atoms with Gasteiger partial charge in [-0.15, -0.1) is 0 Å². The van der Waals surface area contributed by atoms with Crippen LogP contribution in [-0.2, 0) is 4.79 Å². The lowest BCUT2D eigenvalue weighted by atomic mass is 10.1. The maximum Gasteiger partial charge on any atom is 0.251 e. The number of carbonyl (C=O) groups is 2. The highest BCUT2D eigenvalue weighted by atomic mass is 35.5. The third-order valence-electron chi connectivity index (χ3n) is 4.21. The summed E-state index contributed by atoms with van der Waals surface area (Å²) >= 11 is 5.89. The Balaban J connectivity index is 1.73. The normalized spacial score (nSPS) is 15.4. The number of halogens is 1. The van der Waals surface area contributed by atoms with Crippen molar-refractivity contribution in [3.63, 3.8) is 0 Å². The third kappa shape index (κ3) is 3.60. The van der Waals surface area contributed by atoms with Crippen LogP contribution >= 0.6 is 11.6 Å². The minimum Gasteiger partial charge on any atom is -0.346 e. The lowest BCUT2D eigenvalue weighted by Crippen LogP contribution is -2.27. The molecule has 4 nitrogen and oxygen atoms in total. The number of nitrogens with one attached hydrogen (secondary N) is 1. The van der Waals surface area contributed by atoms with Crippen LogP contribution in [0.5, 0.6) is 0 Å². The van der Waals surface area contributed by atoms with Crippen LogP contribution in [0.15, 0.2) is 48.5 Å².